The van der Waals surface area contributed by atoms with Crippen molar-refractivity contribution in [3.63, 3.8) is 0 Å². The van der Waals surface area contributed by atoms with Crippen molar-refractivity contribution in [3.8, 4) is 11.7 Å². The summed E-state index contributed by atoms with van der Waals surface area (Å²) >= 11 is 0. The third-order valence-electron chi connectivity index (χ3n) is 6.18. The van der Waals surface area contributed by atoms with Crippen molar-refractivity contribution in [3.05, 3.63) is 65.7 Å². The summed E-state index contributed by atoms with van der Waals surface area (Å²) in [6.07, 6.45) is 1.10. The van der Waals surface area contributed by atoms with Crippen molar-refractivity contribution >= 4 is 11.9 Å². The number of carbonyl (C=O) groups excluding carboxylic acids is 1. The first-order chi connectivity index (χ1) is 17.4. The van der Waals surface area contributed by atoms with Gasteiger partial charge in [-0.05, 0) is 36.0 Å². The number of carboxylic acid groups (broad SMARTS) is 1. The molecule has 2 N–H and O–H groups in total. The summed E-state index contributed by atoms with van der Waals surface area (Å²) < 4.78 is 45.7. The molecule has 196 valence electrons. The highest BCUT2D eigenvalue weighted by molar-refractivity contribution is 5.94. The molecule has 1 unspecified atom stereocenters. The first-order valence-corrected chi connectivity index (χ1v) is 11.6. The lowest BCUT2D eigenvalue weighted by Gasteiger charge is -2.46. The van der Waals surface area contributed by atoms with Gasteiger partial charge in [0.1, 0.15) is 6.10 Å². The Kier molecular flexibility index (Phi) is 7.19. The first-order valence-electron chi connectivity index (χ1n) is 11.6. The number of benzene rings is 1. The normalized spacial score (nSPS) is 16.0. The molecular weight excluding hydrogens is 491 g/mol. The van der Waals surface area contributed by atoms with E-state index in [0.29, 0.717) is 17.5 Å². The molecule has 12 heteroatoms. The summed E-state index contributed by atoms with van der Waals surface area (Å²) in [5.41, 5.74) is 0.510. The van der Waals surface area contributed by atoms with E-state index in [1.165, 1.54) is 12.4 Å². The molecule has 9 nitrogen and oxygen atoms in total. The first kappa shape index (κ1) is 26.1. The smallest absolute Gasteiger partial charge is 0.419 e. The van der Waals surface area contributed by atoms with E-state index in [2.05, 4.69) is 34.2 Å². The number of aliphatic carboxylic acids is 1. The molecule has 2 heterocycles. The minimum Gasteiger partial charge on any atom is -0.482 e. The van der Waals surface area contributed by atoms with Gasteiger partial charge in [-0.25, -0.2) is 14.6 Å². The molecule has 2 aromatic heterocycles. The molecule has 1 atom stereocenters. The van der Waals surface area contributed by atoms with Gasteiger partial charge in [0.25, 0.3) is 11.9 Å². The molecule has 1 saturated carbocycles. The van der Waals surface area contributed by atoms with Gasteiger partial charge in [0.15, 0.2) is 5.75 Å². The minimum absolute atomic E-state index is 0.0255. The van der Waals surface area contributed by atoms with Gasteiger partial charge in [-0.2, -0.15) is 18.3 Å². The van der Waals surface area contributed by atoms with Gasteiger partial charge in [0.2, 0.25) is 0 Å². The molecule has 1 aliphatic rings. The van der Waals surface area contributed by atoms with Gasteiger partial charge in [-0.15, -0.1) is 0 Å². The SMILES string of the molecule is CC1(C)CC(C(Oc2cnc(-n3cc(C(F)(F)F)cn3)nc2)c2ccc(C(=O)NCCC(=O)O)cc2)C1. The number of carbonyl (C=O) groups is 2. The Hall–Kier alpha value is -3.96. The summed E-state index contributed by atoms with van der Waals surface area (Å²) in [5.74, 6) is -0.844. The summed E-state index contributed by atoms with van der Waals surface area (Å²) in [5, 5.41) is 15.0. The van der Waals surface area contributed by atoms with Crippen molar-refractivity contribution in [2.24, 2.45) is 11.3 Å². The predicted octanol–water partition coefficient (Wildman–Crippen LogP) is 4.44. The Morgan fingerprint density at radius 3 is 2.35 bits per heavy atom. The summed E-state index contributed by atoms with van der Waals surface area (Å²) in [6.45, 7) is 4.37. The number of ether oxygens (including phenoxy) is 1. The van der Waals surface area contributed by atoms with Crippen LogP contribution >= 0.6 is 0 Å². The Labute approximate surface area is 210 Å². The summed E-state index contributed by atoms with van der Waals surface area (Å²) in [4.78, 5) is 31.1. The minimum atomic E-state index is -4.51. The number of hydrogen-bond donors (Lipinski definition) is 2. The van der Waals surface area contributed by atoms with E-state index < -0.39 is 17.7 Å². The van der Waals surface area contributed by atoms with Crippen LogP contribution in [0, 0.1) is 11.3 Å². The molecule has 0 radical (unpaired) electrons. The lowest BCUT2D eigenvalue weighted by molar-refractivity contribution is -0.138. The Morgan fingerprint density at radius 2 is 1.81 bits per heavy atom. The van der Waals surface area contributed by atoms with Gasteiger partial charge < -0.3 is 15.2 Å². The van der Waals surface area contributed by atoms with E-state index >= 15 is 0 Å². The molecule has 3 aromatic rings. The molecular formula is C25H26F3N5O4. The van der Waals surface area contributed by atoms with Crippen LogP contribution in [0.25, 0.3) is 5.95 Å². The number of nitrogens with zero attached hydrogens (tertiary/aromatic N) is 4. The van der Waals surface area contributed by atoms with Gasteiger partial charge in [0.05, 0.1) is 30.6 Å². The maximum Gasteiger partial charge on any atom is 0.419 e. The predicted molar refractivity (Wildman–Crippen MR) is 125 cm³/mol. The molecule has 0 aliphatic heterocycles. The van der Waals surface area contributed by atoms with Crippen LogP contribution in [0.5, 0.6) is 5.75 Å². The fourth-order valence-electron chi connectivity index (χ4n) is 4.43. The van der Waals surface area contributed by atoms with E-state index in [0.717, 1.165) is 29.3 Å². The zero-order valence-electron chi connectivity index (χ0n) is 20.2. The van der Waals surface area contributed by atoms with Crippen LogP contribution in [0.1, 0.15) is 60.7 Å². The van der Waals surface area contributed by atoms with E-state index in [9.17, 15) is 22.8 Å². The van der Waals surface area contributed by atoms with E-state index in [-0.39, 0.29) is 42.3 Å². The van der Waals surface area contributed by atoms with E-state index in [1.807, 2.05) is 0 Å². The number of nitrogens with one attached hydrogen (secondary N) is 1. The quantitative estimate of drug-likeness (QED) is 0.431. The number of alkyl halides is 3. The van der Waals surface area contributed by atoms with Crippen LogP contribution in [0.2, 0.25) is 0 Å². The highest BCUT2D eigenvalue weighted by Crippen LogP contribution is 2.51. The highest BCUT2D eigenvalue weighted by atomic mass is 19.4. The van der Waals surface area contributed by atoms with E-state index in [4.69, 9.17) is 9.84 Å². The van der Waals surface area contributed by atoms with Crippen LogP contribution in [0.15, 0.2) is 49.1 Å². The van der Waals surface area contributed by atoms with Gasteiger partial charge >= 0.3 is 12.1 Å². The average molecular weight is 518 g/mol. The summed E-state index contributed by atoms with van der Waals surface area (Å²) in [7, 11) is 0. The lowest BCUT2D eigenvalue weighted by atomic mass is 9.62. The standard InChI is InChI=1S/C25H26F3N5O4/c1-24(2)9-17(10-24)21(15-3-5-16(6-4-15)22(36)29-8-7-20(34)35)37-19-12-30-23(31-13-19)33-14-18(11-32-33)25(26,27)28/h3-6,11-14,17,21H,7-10H2,1-2H3,(H,29,36)(H,34,35). The summed E-state index contributed by atoms with van der Waals surface area (Å²) in [6, 6.07) is 6.89. The third kappa shape index (κ3) is 6.43. The number of aromatic nitrogens is 4. The molecule has 37 heavy (non-hydrogen) atoms. The number of hydrogen-bond acceptors (Lipinski definition) is 6. The topological polar surface area (TPSA) is 119 Å². The second kappa shape index (κ2) is 10.2. The number of amides is 1. The van der Waals surface area contributed by atoms with Gasteiger partial charge in [-0.3, -0.25) is 9.59 Å². The molecule has 1 aliphatic carbocycles. The molecule has 0 spiro atoms. The van der Waals surface area contributed by atoms with Crippen molar-refractivity contribution in [2.75, 3.05) is 6.54 Å². The number of carboxylic acids is 1. The van der Waals surface area contributed by atoms with Crippen molar-refractivity contribution in [1.29, 1.82) is 0 Å². The third-order valence-corrected chi connectivity index (χ3v) is 6.18. The van der Waals surface area contributed by atoms with Crippen molar-refractivity contribution in [2.45, 2.75) is 45.4 Å². The monoisotopic (exact) mass is 517 g/mol. The lowest BCUT2D eigenvalue weighted by Crippen LogP contribution is -2.37. The Morgan fingerprint density at radius 1 is 1.16 bits per heavy atom. The molecule has 1 amide bonds. The molecule has 0 saturated heterocycles. The van der Waals surface area contributed by atoms with Crippen molar-refractivity contribution in [1.82, 2.24) is 25.1 Å². The van der Waals surface area contributed by atoms with Gasteiger partial charge in [0, 0.05) is 24.2 Å². The molecule has 0 bridgehead atoms. The highest BCUT2D eigenvalue weighted by Gasteiger charge is 2.42. The zero-order valence-corrected chi connectivity index (χ0v) is 20.2. The largest absolute Gasteiger partial charge is 0.482 e. The second-order valence-electron chi connectivity index (χ2n) is 9.78. The number of rotatable bonds is 9. The van der Waals surface area contributed by atoms with Gasteiger partial charge in [-0.1, -0.05) is 26.0 Å². The van der Waals surface area contributed by atoms with Crippen LogP contribution < -0.4 is 10.1 Å². The van der Waals surface area contributed by atoms with Crippen molar-refractivity contribution < 1.29 is 32.6 Å². The van der Waals surface area contributed by atoms with Crippen LogP contribution in [0.3, 0.4) is 0 Å². The fraction of sp³-hybridized carbons (Fsp3) is 0.400. The average Bonchev–Trinajstić information content (AvgIpc) is 3.32. The Balaban J connectivity index is 1.48. The maximum absolute atomic E-state index is 12.9. The van der Waals surface area contributed by atoms with Crippen LogP contribution in [-0.2, 0) is 11.0 Å². The fourth-order valence-corrected chi connectivity index (χ4v) is 4.43. The van der Waals surface area contributed by atoms with Crippen LogP contribution in [0.4, 0.5) is 13.2 Å². The Bertz CT molecular complexity index is 1250. The van der Waals surface area contributed by atoms with E-state index in [1.54, 1.807) is 24.3 Å². The molecule has 1 aromatic carbocycles. The van der Waals surface area contributed by atoms with Crippen LogP contribution in [-0.4, -0.2) is 43.3 Å². The molecule has 4 rings (SSSR count). The molecule has 1 fully saturated rings. The second-order valence-corrected chi connectivity index (χ2v) is 9.78. The number of halogens is 3. The maximum atomic E-state index is 12.9. The zero-order chi connectivity index (χ0) is 26.8.